The van der Waals surface area contributed by atoms with Crippen LogP contribution in [0.4, 0.5) is 0 Å². The fourth-order valence-electron chi connectivity index (χ4n) is 7.38. The van der Waals surface area contributed by atoms with Crippen molar-refractivity contribution in [2.45, 2.75) is 85.5 Å². The highest BCUT2D eigenvalue weighted by Gasteiger charge is 2.68. The molecule has 6 heteroatoms. The van der Waals surface area contributed by atoms with Gasteiger partial charge in [-0.1, -0.05) is 33.8 Å². The molecule has 0 saturated heterocycles. The monoisotopic (exact) mass is 442 g/mol. The summed E-state index contributed by atoms with van der Waals surface area (Å²) in [6.07, 6.45) is 7.91. The van der Waals surface area contributed by atoms with Gasteiger partial charge in [0.1, 0.15) is 18.4 Å². The van der Waals surface area contributed by atoms with E-state index in [1.807, 2.05) is 26.1 Å². The summed E-state index contributed by atoms with van der Waals surface area (Å²) in [5.74, 6) is -0.101. The van der Waals surface area contributed by atoms with Crippen LogP contribution >= 0.6 is 0 Å². The average molecular weight is 443 g/mol. The average Bonchev–Trinajstić information content (AvgIpc) is 3.32. The van der Waals surface area contributed by atoms with Gasteiger partial charge >= 0.3 is 5.97 Å². The predicted octanol–water partition coefficient (Wildman–Crippen LogP) is 4.10. The van der Waals surface area contributed by atoms with Crippen LogP contribution in [0, 0.1) is 40.9 Å². The smallest absolute Gasteiger partial charge is 0.328 e. The number of carbonyl (C=O) groups is 2. The first-order chi connectivity index (χ1) is 15.0. The number of Topliss-reactive ketones (excluding diaryl/α,β-unsaturated/α-hetero) is 1. The minimum absolute atomic E-state index is 0.0301. The maximum Gasteiger partial charge on any atom is 0.328 e. The van der Waals surface area contributed by atoms with Crippen molar-refractivity contribution in [3.8, 4) is 0 Å². The summed E-state index contributed by atoms with van der Waals surface area (Å²) in [5.41, 5.74) is -0.379. The Morgan fingerprint density at radius 1 is 1.38 bits per heavy atom. The van der Waals surface area contributed by atoms with Gasteiger partial charge in [-0.05, 0) is 55.4 Å². The zero-order valence-electron chi connectivity index (χ0n) is 20.1. The third kappa shape index (κ3) is 3.28. The number of hydrogen-bond acceptors (Lipinski definition) is 5. The number of aliphatic hydroxyl groups is 1. The third-order valence-corrected chi connectivity index (χ3v) is 9.63. The van der Waals surface area contributed by atoms with Gasteiger partial charge in [0.05, 0.1) is 12.3 Å². The molecule has 1 aromatic rings. The summed E-state index contributed by atoms with van der Waals surface area (Å²) in [4.78, 5) is 26.4. The molecule has 3 saturated carbocycles. The summed E-state index contributed by atoms with van der Waals surface area (Å²) in [7, 11) is 0. The molecular formula is C26H38N2O4. The summed E-state index contributed by atoms with van der Waals surface area (Å²) >= 11 is 0. The van der Waals surface area contributed by atoms with Crippen LogP contribution in [0.5, 0.6) is 0 Å². The van der Waals surface area contributed by atoms with Crippen molar-refractivity contribution in [2.75, 3.05) is 0 Å². The molecule has 1 N–H and O–H groups in total. The largest absolute Gasteiger partial charge is 0.460 e. The van der Waals surface area contributed by atoms with E-state index in [0.717, 1.165) is 24.8 Å². The second kappa shape index (κ2) is 7.82. The predicted molar refractivity (Wildman–Crippen MR) is 122 cm³/mol. The second-order valence-electron chi connectivity index (χ2n) is 11.3. The van der Waals surface area contributed by atoms with Gasteiger partial charge < -0.3 is 9.84 Å². The minimum Gasteiger partial charge on any atom is -0.460 e. The first-order valence-electron chi connectivity index (χ1n) is 12.0. The maximum atomic E-state index is 13.4. The Balaban J connectivity index is 1.77. The van der Waals surface area contributed by atoms with E-state index < -0.39 is 23.0 Å². The van der Waals surface area contributed by atoms with E-state index in [1.165, 1.54) is 0 Å². The standard InChI is InChI=1S/C26H38N2O4/c1-7-24(5)12-20(32-21(30)15-28-14-16(2)13-27-28)25(6)17(3)8-10-26(18(4)23(24)31)11-9-19(29)22(25)26/h7,13-14,17-18,20,22-23,31H,1,8-12,15H2,2-6H3/t17?,18-,20+,22?,23-,24+,25-,26-/m0/s1. The molecule has 2 unspecified atom stereocenters. The number of ketones is 1. The maximum absolute atomic E-state index is 13.4. The first kappa shape index (κ1) is 23.2. The molecule has 0 radical (unpaired) electrons. The van der Waals surface area contributed by atoms with Gasteiger partial charge in [-0.2, -0.15) is 5.10 Å². The highest BCUT2D eigenvalue weighted by molar-refractivity contribution is 5.85. The van der Waals surface area contributed by atoms with E-state index in [-0.39, 0.29) is 41.5 Å². The Bertz CT molecular complexity index is 925. The number of aromatic nitrogens is 2. The number of carbonyl (C=O) groups excluding carboxylic acids is 2. The van der Waals surface area contributed by atoms with Crippen LogP contribution in [0.15, 0.2) is 25.0 Å². The molecule has 3 aliphatic carbocycles. The summed E-state index contributed by atoms with van der Waals surface area (Å²) in [6, 6.07) is 0. The molecule has 0 spiro atoms. The lowest BCUT2D eigenvalue weighted by atomic mass is 9.44. The number of aryl methyl sites for hydroxylation is 1. The molecule has 4 rings (SSSR count). The highest BCUT2D eigenvalue weighted by Crippen LogP contribution is 2.67. The SMILES string of the molecule is C=C[C@]1(C)C[C@@H](OC(=O)Cn2cc(C)cn2)[C@]2(C)C(C)CC[C@]3(CCC(=O)C32)[C@@H](C)[C@@H]1O. The van der Waals surface area contributed by atoms with Crippen molar-refractivity contribution in [1.29, 1.82) is 0 Å². The molecule has 6 nitrogen and oxygen atoms in total. The van der Waals surface area contributed by atoms with E-state index in [2.05, 4.69) is 32.4 Å². The molecule has 176 valence electrons. The van der Waals surface area contributed by atoms with Crippen molar-refractivity contribution in [2.24, 2.45) is 34.0 Å². The van der Waals surface area contributed by atoms with E-state index in [9.17, 15) is 14.7 Å². The van der Waals surface area contributed by atoms with Gasteiger partial charge in [0.2, 0.25) is 0 Å². The topological polar surface area (TPSA) is 81.4 Å². The zero-order chi connectivity index (χ0) is 23.5. The minimum atomic E-state index is -0.652. The molecule has 1 heterocycles. The van der Waals surface area contributed by atoms with E-state index in [4.69, 9.17) is 4.74 Å². The van der Waals surface area contributed by atoms with Crippen LogP contribution in [0.25, 0.3) is 0 Å². The van der Waals surface area contributed by atoms with Crippen LogP contribution in [-0.2, 0) is 20.9 Å². The van der Waals surface area contributed by atoms with Gasteiger partial charge in [0.25, 0.3) is 0 Å². The van der Waals surface area contributed by atoms with Gasteiger partial charge in [-0.15, -0.1) is 6.58 Å². The third-order valence-electron chi connectivity index (χ3n) is 9.63. The Labute approximate surface area is 191 Å². The van der Waals surface area contributed by atoms with E-state index in [1.54, 1.807) is 10.9 Å². The molecular weight excluding hydrogens is 404 g/mol. The fraction of sp³-hybridized carbons (Fsp3) is 0.731. The quantitative estimate of drug-likeness (QED) is 0.561. The molecule has 3 aliphatic rings. The van der Waals surface area contributed by atoms with Gasteiger partial charge in [0.15, 0.2) is 0 Å². The van der Waals surface area contributed by atoms with Crippen LogP contribution in [0.2, 0.25) is 0 Å². The van der Waals surface area contributed by atoms with Crippen LogP contribution in [-0.4, -0.2) is 38.8 Å². The van der Waals surface area contributed by atoms with Crippen LogP contribution in [0.3, 0.4) is 0 Å². The summed E-state index contributed by atoms with van der Waals surface area (Å²) < 4.78 is 7.81. The van der Waals surface area contributed by atoms with Crippen molar-refractivity contribution < 1.29 is 19.4 Å². The molecule has 3 fully saturated rings. The number of aliphatic hydroxyl groups excluding tert-OH is 1. The summed E-state index contributed by atoms with van der Waals surface area (Å²) in [6.45, 7) is 14.5. The fourth-order valence-corrected chi connectivity index (χ4v) is 7.38. The lowest BCUT2D eigenvalue weighted by molar-refractivity contribution is -0.207. The Kier molecular flexibility index (Phi) is 5.68. The number of rotatable bonds is 4. The molecule has 8 atom stereocenters. The normalized spacial score (nSPS) is 43.8. The van der Waals surface area contributed by atoms with Crippen LogP contribution in [0.1, 0.15) is 65.4 Å². The van der Waals surface area contributed by atoms with Gasteiger partial charge in [-0.25, -0.2) is 0 Å². The number of esters is 1. The van der Waals surface area contributed by atoms with Crippen molar-refractivity contribution in [3.63, 3.8) is 0 Å². The van der Waals surface area contributed by atoms with Crippen LogP contribution < -0.4 is 0 Å². The van der Waals surface area contributed by atoms with E-state index >= 15 is 0 Å². The lowest BCUT2D eigenvalue weighted by Crippen LogP contribution is -2.63. The Morgan fingerprint density at radius 3 is 2.72 bits per heavy atom. The highest BCUT2D eigenvalue weighted by atomic mass is 16.5. The zero-order valence-corrected chi connectivity index (χ0v) is 20.1. The molecule has 0 aliphatic heterocycles. The molecule has 1 aromatic heterocycles. The van der Waals surface area contributed by atoms with Crippen molar-refractivity contribution in [3.05, 3.63) is 30.6 Å². The molecule has 0 amide bonds. The van der Waals surface area contributed by atoms with Crippen molar-refractivity contribution >= 4 is 11.8 Å². The number of hydrogen-bond donors (Lipinski definition) is 1. The van der Waals surface area contributed by atoms with Crippen molar-refractivity contribution in [1.82, 2.24) is 9.78 Å². The lowest BCUT2D eigenvalue weighted by Gasteiger charge is -2.61. The molecule has 0 aromatic carbocycles. The molecule has 2 bridgehead atoms. The summed E-state index contributed by atoms with van der Waals surface area (Å²) in [5, 5.41) is 15.8. The van der Waals surface area contributed by atoms with E-state index in [0.29, 0.717) is 12.8 Å². The van der Waals surface area contributed by atoms with Gasteiger partial charge in [0, 0.05) is 29.4 Å². The number of ether oxygens (including phenoxy) is 1. The Morgan fingerprint density at radius 2 is 2.09 bits per heavy atom. The second-order valence-corrected chi connectivity index (χ2v) is 11.3. The first-order valence-corrected chi connectivity index (χ1v) is 12.0. The molecule has 32 heavy (non-hydrogen) atoms. The van der Waals surface area contributed by atoms with Gasteiger partial charge in [-0.3, -0.25) is 14.3 Å². The number of nitrogens with zero attached hydrogens (tertiary/aromatic N) is 2. The Hall–Kier alpha value is -1.95.